The summed E-state index contributed by atoms with van der Waals surface area (Å²) in [5, 5.41) is 14.1. The molecule has 0 radical (unpaired) electrons. The molecule has 5 fully saturated rings. The normalized spacial score (nSPS) is 33.0. The van der Waals surface area contributed by atoms with E-state index in [1.807, 2.05) is 0 Å². The Hall–Kier alpha value is -2.03. The van der Waals surface area contributed by atoms with Gasteiger partial charge in [-0.15, -0.1) is 0 Å². The van der Waals surface area contributed by atoms with Crippen LogP contribution >= 0.6 is 0 Å². The number of carbonyl (C=O) groups is 1. The van der Waals surface area contributed by atoms with Crippen molar-refractivity contribution in [2.45, 2.75) is 170 Å². The summed E-state index contributed by atoms with van der Waals surface area (Å²) in [7, 11) is -3.36. The Kier molecular flexibility index (Phi) is 13.2. The minimum Gasteiger partial charge on any atom is -0.381 e. The topological polar surface area (TPSA) is 138 Å². The molecule has 53 heavy (non-hydrogen) atoms. The predicted molar refractivity (Wildman–Crippen MR) is 206 cm³/mol. The largest absolute Gasteiger partial charge is 0.381 e. The summed E-state index contributed by atoms with van der Waals surface area (Å²) in [5.41, 5.74) is 6.71. The standard InChI is InChI=1S/C39H66F2N8O3S/c40-30-25-44-38-32(37(42)46-49(38)35(30)28-17-12-8-2-1-3-9-13-18-28)39(50)45-31-26-43-34(27-15-10-6-4-5-7-11-16-27)33(41)36(31)47-23-19-29(20-24-47)53(51,52)48-21-14-22-48/h27-31,33-36,43-44H,1-26H2,(H2,42,46)(H,45,50). The quantitative estimate of drug-likeness (QED) is 0.268. The molecule has 11 nitrogen and oxygen atoms in total. The molecule has 7 rings (SSSR count). The van der Waals surface area contributed by atoms with Crippen molar-refractivity contribution in [2.24, 2.45) is 11.8 Å². The summed E-state index contributed by atoms with van der Waals surface area (Å²) in [6, 6.07) is -2.01. The number of sulfonamides is 1. The van der Waals surface area contributed by atoms with Crippen LogP contribution in [0.1, 0.15) is 145 Å². The van der Waals surface area contributed by atoms with Crippen molar-refractivity contribution in [1.82, 2.24) is 29.6 Å². The summed E-state index contributed by atoms with van der Waals surface area (Å²) in [6.45, 7) is 2.58. The van der Waals surface area contributed by atoms with Gasteiger partial charge in [-0.2, -0.15) is 5.10 Å². The van der Waals surface area contributed by atoms with E-state index in [1.54, 1.807) is 8.99 Å². The minimum atomic E-state index is -3.36. The van der Waals surface area contributed by atoms with Gasteiger partial charge in [0.05, 0.1) is 23.4 Å². The molecule has 1 aromatic rings. The number of carbonyl (C=O) groups excluding carboxylic acids is 1. The van der Waals surface area contributed by atoms with Crippen LogP contribution in [0.3, 0.4) is 0 Å². The van der Waals surface area contributed by atoms with Gasteiger partial charge in [0, 0.05) is 32.2 Å². The van der Waals surface area contributed by atoms with Gasteiger partial charge in [-0.1, -0.05) is 83.5 Å². The van der Waals surface area contributed by atoms with Crippen LogP contribution in [0, 0.1) is 11.8 Å². The molecular weight excluding hydrogens is 699 g/mol. The number of nitrogens with zero attached hydrogens (tertiary/aromatic N) is 4. The molecule has 0 spiro atoms. The fraction of sp³-hybridized carbons (Fsp3) is 0.897. The van der Waals surface area contributed by atoms with Crippen LogP contribution in [-0.4, -0.2) is 108 Å². The highest BCUT2D eigenvalue weighted by Gasteiger charge is 2.48. The van der Waals surface area contributed by atoms with Gasteiger partial charge in [-0.3, -0.25) is 9.69 Å². The number of likely N-dealkylation sites (tertiary alicyclic amines) is 1. The number of nitrogen functional groups attached to an aromatic ring is 1. The molecule has 6 aliphatic rings. The summed E-state index contributed by atoms with van der Waals surface area (Å²) < 4.78 is 62.9. The van der Waals surface area contributed by atoms with E-state index in [0.29, 0.717) is 51.4 Å². The van der Waals surface area contributed by atoms with Crippen LogP contribution in [0.4, 0.5) is 20.4 Å². The number of aromatic nitrogens is 2. The first kappa shape index (κ1) is 39.2. The highest BCUT2D eigenvalue weighted by molar-refractivity contribution is 7.89. The van der Waals surface area contributed by atoms with Gasteiger partial charge in [0.1, 0.15) is 23.7 Å². The average Bonchev–Trinajstić information content (AvgIpc) is 3.52. The zero-order chi connectivity index (χ0) is 37.0. The maximum absolute atomic E-state index is 17.3. The van der Waals surface area contributed by atoms with Crippen molar-refractivity contribution in [3.8, 4) is 0 Å². The Labute approximate surface area is 316 Å². The number of rotatable bonds is 7. The van der Waals surface area contributed by atoms with Crippen molar-refractivity contribution >= 4 is 27.6 Å². The zero-order valence-electron chi connectivity index (χ0n) is 31.8. The number of anilines is 2. The molecule has 5 N–H and O–H groups in total. The van der Waals surface area contributed by atoms with Gasteiger partial charge < -0.3 is 21.7 Å². The molecule has 14 heteroatoms. The lowest BCUT2D eigenvalue weighted by Crippen LogP contribution is -2.70. The number of amides is 1. The minimum absolute atomic E-state index is 0.0570. The molecule has 0 bridgehead atoms. The molecule has 6 unspecified atom stereocenters. The zero-order valence-corrected chi connectivity index (χ0v) is 32.7. The first-order valence-corrected chi connectivity index (χ1v) is 22.9. The Morgan fingerprint density at radius 3 is 1.87 bits per heavy atom. The maximum Gasteiger partial charge on any atom is 0.259 e. The van der Waals surface area contributed by atoms with Gasteiger partial charge in [0.2, 0.25) is 10.0 Å². The molecular formula is C39H66F2N8O3S. The molecule has 0 aromatic carbocycles. The van der Waals surface area contributed by atoms with E-state index >= 15 is 8.78 Å². The Morgan fingerprint density at radius 1 is 0.736 bits per heavy atom. The number of nitrogens with two attached hydrogens (primary N) is 1. The fourth-order valence-electron chi connectivity index (χ4n) is 10.6. The van der Waals surface area contributed by atoms with Gasteiger partial charge in [0.15, 0.2) is 5.82 Å². The van der Waals surface area contributed by atoms with E-state index in [9.17, 15) is 13.2 Å². The third kappa shape index (κ3) is 8.70. The predicted octanol–water partition coefficient (Wildman–Crippen LogP) is 5.94. The lowest BCUT2D eigenvalue weighted by Gasteiger charge is -2.49. The van der Waals surface area contributed by atoms with Crippen molar-refractivity contribution < 1.29 is 22.0 Å². The monoisotopic (exact) mass is 764 g/mol. The van der Waals surface area contributed by atoms with E-state index in [2.05, 4.69) is 25.9 Å². The van der Waals surface area contributed by atoms with Crippen molar-refractivity contribution in [1.29, 1.82) is 0 Å². The van der Waals surface area contributed by atoms with Crippen LogP contribution in [-0.2, 0) is 10.0 Å². The SMILES string of the molecule is Nc1nn2c(c1C(=O)NC1CNC(C3CCCCCCCC3)C(F)C1N1CCC(S(=O)(=O)N3CCC3)CC1)NCC(F)C2C1CCCCCCCCC1. The van der Waals surface area contributed by atoms with Crippen LogP contribution in [0.2, 0.25) is 0 Å². The van der Waals surface area contributed by atoms with Crippen LogP contribution in [0.15, 0.2) is 0 Å². The number of piperidine rings is 2. The highest BCUT2D eigenvalue weighted by Crippen LogP contribution is 2.41. The molecule has 4 aliphatic heterocycles. The third-order valence-corrected chi connectivity index (χ3v) is 16.2. The van der Waals surface area contributed by atoms with Crippen molar-refractivity contribution in [2.75, 3.05) is 50.3 Å². The summed E-state index contributed by atoms with van der Waals surface area (Å²) in [4.78, 5) is 16.4. The average molecular weight is 765 g/mol. The van der Waals surface area contributed by atoms with Crippen molar-refractivity contribution in [3.63, 3.8) is 0 Å². The van der Waals surface area contributed by atoms with Gasteiger partial charge in [0.25, 0.3) is 5.91 Å². The number of nitrogens with one attached hydrogen (secondary N) is 3. The Balaban J connectivity index is 1.11. The molecule has 6 atom stereocenters. The second-order valence-corrected chi connectivity index (χ2v) is 19.4. The number of hydrogen-bond acceptors (Lipinski definition) is 8. The maximum atomic E-state index is 17.3. The second kappa shape index (κ2) is 17.8. The van der Waals surface area contributed by atoms with Crippen LogP contribution < -0.4 is 21.7 Å². The molecule has 2 saturated carbocycles. The van der Waals surface area contributed by atoms with Crippen LogP contribution in [0.5, 0.6) is 0 Å². The fourth-order valence-corrected chi connectivity index (χ4v) is 12.6. The molecule has 5 heterocycles. The van der Waals surface area contributed by atoms with E-state index < -0.39 is 51.6 Å². The first-order chi connectivity index (χ1) is 25.7. The summed E-state index contributed by atoms with van der Waals surface area (Å²) in [5.74, 6) is 0.399. The Bertz CT molecular complexity index is 1450. The molecule has 2 aliphatic carbocycles. The van der Waals surface area contributed by atoms with Crippen LogP contribution in [0.25, 0.3) is 0 Å². The van der Waals surface area contributed by atoms with E-state index in [-0.39, 0.29) is 35.8 Å². The second-order valence-electron chi connectivity index (χ2n) is 17.2. The lowest BCUT2D eigenvalue weighted by molar-refractivity contribution is 0.00623. The smallest absolute Gasteiger partial charge is 0.259 e. The summed E-state index contributed by atoms with van der Waals surface area (Å²) >= 11 is 0. The lowest BCUT2D eigenvalue weighted by atomic mass is 9.80. The molecule has 300 valence electrons. The molecule has 3 saturated heterocycles. The van der Waals surface area contributed by atoms with Gasteiger partial charge in [-0.05, 0) is 69.9 Å². The molecule has 1 aromatic heterocycles. The number of halogens is 2. The molecule has 1 amide bonds. The summed E-state index contributed by atoms with van der Waals surface area (Å²) in [6.07, 6.45) is 18.4. The van der Waals surface area contributed by atoms with Crippen molar-refractivity contribution in [3.05, 3.63) is 5.56 Å². The third-order valence-electron chi connectivity index (χ3n) is 13.8. The number of fused-ring (bicyclic) bond motifs is 1. The van der Waals surface area contributed by atoms with Gasteiger partial charge in [-0.25, -0.2) is 26.2 Å². The highest BCUT2D eigenvalue weighted by atomic mass is 32.2. The Morgan fingerprint density at radius 2 is 1.30 bits per heavy atom. The number of alkyl halides is 2. The van der Waals surface area contributed by atoms with Gasteiger partial charge >= 0.3 is 0 Å². The number of hydrogen-bond donors (Lipinski definition) is 4. The first-order valence-electron chi connectivity index (χ1n) is 21.4. The van der Waals surface area contributed by atoms with E-state index in [0.717, 1.165) is 70.6 Å². The van der Waals surface area contributed by atoms with E-state index in [1.165, 1.54) is 44.9 Å². The van der Waals surface area contributed by atoms with E-state index in [4.69, 9.17) is 5.73 Å².